The quantitative estimate of drug-likeness (QED) is 0.712. The molecule has 3 heterocycles. The Balaban J connectivity index is 1.47. The van der Waals surface area contributed by atoms with Crippen molar-refractivity contribution in [2.45, 2.75) is 38.6 Å². The van der Waals surface area contributed by atoms with E-state index in [1.165, 1.54) is 11.6 Å². The second-order valence-electron chi connectivity index (χ2n) is 8.29. The summed E-state index contributed by atoms with van der Waals surface area (Å²) in [5.41, 5.74) is -0.288. The highest BCUT2D eigenvalue weighted by molar-refractivity contribution is 6.05. The standard InChI is InChI=1S/C21H27N5O5/c1-12-11-15(16-17(22-12)25(2)21(30)24-19(16)28)18(27)23-14-5-3-13(4-6-14)20(29)26-7-9-31-10-8-26/h11,13-14H,3-10H2,1-2H3,(H,23,27)(H,24,28,30). The van der Waals surface area contributed by atoms with Crippen LogP contribution in [0.2, 0.25) is 0 Å². The summed E-state index contributed by atoms with van der Waals surface area (Å²) in [6.45, 7) is 4.16. The molecule has 2 N–H and O–H groups in total. The van der Waals surface area contributed by atoms with E-state index in [0.717, 1.165) is 0 Å². The first-order valence-electron chi connectivity index (χ1n) is 10.6. The van der Waals surface area contributed by atoms with Gasteiger partial charge < -0.3 is 15.0 Å². The van der Waals surface area contributed by atoms with Gasteiger partial charge in [0.25, 0.3) is 11.5 Å². The van der Waals surface area contributed by atoms with E-state index in [1.54, 1.807) is 13.0 Å². The number of ether oxygens (including phenoxy) is 1. The van der Waals surface area contributed by atoms with Crippen molar-refractivity contribution in [3.05, 3.63) is 38.2 Å². The molecule has 0 bridgehead atoms. The maximum Gasteiger partial charge on any atom is 0.329 e. The van der Waals surface area contributed by atoms with Crippen molar-refractivity contribution in [1.82, 2.24) is 24.8 Å². The lowest BCUT2D eigenvalue weighted by Crippen LogP contribution is -2.46. The number of nitrogens with one attached hydrogen (secondary N) is 2. The third-order valence-electron chi connectivity index (χ3n) is 6.18. The number of hydrogen-bond donors (Lipinski definition) is 2. The topological polar surface area (TPSA) is 126 Å². The number of H-pyrrole nitrogens is 1. The molecule has 0 aromatic carbocycles. The first-order valence-corrected chi connectivity index (χ1v) is 10.6. The van der Waals surface area contributed by atoms with Crippen molar-refractivity contribution in [2.75, 3.05) is 26.3 Å². The van der Waals surface area contributed by atoms with Crippen LogP contribution in [0, 0.1) is 12.8 Å². The predicted molar refractivity (Wildman–Crippen MR) is 113 cm³/mol. The first kappa shape index (κ1) is 21.2. The maximum atomic E-state index is 13.0. The highest BCUT2D eigenvalue weighted by atomic mass is 16.5. The zero-order valence-electron chi connectivity index (χ0n) is 17.8. The fourth-order valence-corrected chi connectivity index (χ4v) is 4.43. The average Bonchev–Trinajstić information content (AvgIpc) is 2.77. The maximum absolute atomic E-state index is 13.0. The number of fused-ring (bicyclic) bond motifs is 1. The Labute approximate surface area is 178 Å². The Morgan fingerprint density at radius 3 is 2.52 bits per heavy atom. The number of pyridine rings is 1. The molecule has 2 aliphatic rings. The lowest BCUT2D eigenvalue weighted by atomic mass is 9.85. The Morgan fingerprint density at radius 1 is 1.16 bits per heavy atom. The number of rotatable bonds is 3. The van der Waals surface area contributed by atoms with E-state index in [4.69, 9.17) is 4.74 Å². The summed E-state index contributed by atoms with van der Waals surface area (Å²) < 4.78 is 6.54. The second-order valence-corrected chi connectivity index (χ2v) is 8.29. The van der Waals surface area contributed by atoms with Crippen molar-refractivity contribution < 1.29 is 14.3 Å². The smallest absolute Gasteiger partial charge is 0.329 e. The zero-order valence-corrected chi connectivity index (χ0v) is 17.8. The summed E-state index contributed by atoms with van der Waals surface area (Å²) in [5, 5.41) is 3.10. The van der Waals surface area contributed by atoms with Gasteiger partial charge in [-0.2, -0.15) is 0 Å². The van der Waals surface area contributed by atoms with Gasteiger partial charge in [-0.3, -0.25) is 23.9 Å². The molecule has 2 aromatic rings. The summed E-state index contributed by atoms with van der Waals surface area (Å²) in [5.74, 6) is -0.216. The molecule has 2 amide bonds. The minimum absolute atomic E-state index is 0.0207. The van der Waals surface area contributed by atoms with Gasteiger partial charge >= 0.3 is 5.69 Å². The van der Waals surface area contributed by atoms with Gasteiger partial charge in [0.1, 0.15) is 5.65 Å². The normalized spacial score (nSPS) is 21.8. The summed E-state index contributed by atoms with van der Waals surface area (Å²) in [7, 11) is 1.50. The van der Waals surface area contributed by atoms with Crippen LogP contribution in [0.4, 0.5) is 0 Å². The molecule has 1 saturated carbocycles. The molecule has 10 heteroatoms. The molecular formula is C21H27N5O5. The number of amides is 2. The molecule has 0 radical (unpaired) electrons. The Morgan fingerprint density at radius 2 is 1.84 bits per heavy atom. The van der Waals surface area contributed by atoms with Crippen LogP contribution < -0.4 is 16.6 Å². The molecule has 2 aromatic heterocycles. The molecule has 0 spiro atoms. The van der Waals surface area contributed by atoms with Crippen molar-refractivity contribution in [2.24, 2.45) is 13.0 Å². The number of nitrogens with zero attached hydrogens (tertiary/aromatic N) is 3. The summed E-state index contributed by atoms with van der Waals surface area (Å²) >= 11 is 0. The fraction of sp³-hybridized carbons (Fsp3) is 0.571. The van der Waals surface area contributed by atoms with Crippen LogP contribution in [0.5, 0.6) is 0 Å². The van der Waals surface area contributed by atoms with Crippen LogP contribution in [-0.2, 0) is 16.6 Å². The van der Waals surface area contributed by atoms with Crippen LogP contribution in [0.1, 0.15) is 41.7 Å². The van der Waals surface area contributed by atoms with Gasteiger partial charge in [-0.1, -0.05) is 0 Å². The Hall–Kier alpha value is -3.01. The number of aromatic amines is 1. The van der Waals surface area contributed by atoms with Crippen LogP contribution in [0.15, 0.2) is 15.7 Å². The van der Waals surface area contributed by atoms with Gasteiger partial charge in [0, 0.05) is 37.8 Å². The average molecular weight is 429 g/mol. The molecule has 10 nitrogen and oxygen atoms in total. The van der Waals surface area contributed by atoms with Gasteiger partial charge in [-0.05, 0) is 38.7 Å². The molecule has 31 heavy (non-hydrogen) atoms. The number of morpholine rings is 1. The molecule has 2 fully saturated rings. The molecule has 4 rings (SSSR count). The van der Waals surface area contributed by atoms with E-state index in [-0.39, 0.29) is 40.4 Å². The van der Waals surface area contributed by atoms with Crippen molar-refractivity contribution in [1.29, 1.82) is 0 Å². The minimum Gasteiger partial charge on any atom is -0.378 e. The van der Waals surface area contributed by atoms with Gasteiger partial charge in [0.2, 0.25) is 5.91 Å². The lowest BCUT2D eigenvalue weighted by molar-refractivity contribution is -0.140. The molecule has 0 atom stereocenters. The highest BCUT2D eigenvalue weighted by Gasteiger charge is 2.31. The lowest BCUT2D eigenvalue weighted by Gasteiger charge is -2.34. The largest absolute Gasteiger partial charge is 0.378 e. The van der Waals surface area contributed by atoms with E-state index in [1.807, 2.05) is 4.90 Å². The second kappa shape index (κ2) is 8.62. The summed E-state index contributed by atoms with van der Waals surface area (Å²) in [4.78, 5) is 58.4. The predicted octanol–water partition coefficient (Wildman–Crippen LogP) is 0.0776. The molecule has 166 valence electrons. The highest BCUT2D eigenvalue weighted by Crippen LogP contribution is 2.27. The monoisotopic (exact) mass is 429 g/mol. The van der Waals surface area contributed by atoms with E-state index in [9.17, 15) is 19.2 Å². The zero-order chi connectivity index (χ0) is 22.1. The number of aryl methyl sites for hydroxylation is 2. The van der Waals surface area contributed by atoms with Gasteiger partial charge in [0.05, 0.1) is 24.2 Å². The molecule has 1 saturated heterocycles. The van der Waals surface area contributed by atoms with Crippen LogP contribution in [0.3, 0.4) is 0 Å². The van der Waals surface area contributed by atoms with E-state index in [2.05, 4.69) is 15.3 Å². The third-order valence-corrected chi connectivity index (χ3v) is 6.18. The van der Waals surface area contributed by atoms with Crippen molar-refractivity contribution >= 4 is 22.8 Å². The molecule has 1 aliphatic heterocycles. The first-order chi connectivity index (χ1) is 14.8. The minimum atomic E-state index is -0.629. The number of carbonyl (C=O) groups is 2. The van der Waals surface area contributed by atoms with E-state index < -0.39 is 11.2 Å². The van der Waals surface area contributed by atoms with Gasteiger partial charge in [-0.25, -0.2) is 9.78 Å². The molecule has 1 aliphatic carbocycles. The SMILES string of the molecule is Cc1cc(C(=O)NC2CCC(C(=O)N3CCOCC3)CC2)c2c(=O)[nH]c(=O)n(C)c2n1. The van der Waals surface area contributed by atoms with E-state index >= 15 is 0 Å². The van der Waals surface area contributed by atoms with Gasteiger partial charge in [-0.15, -0.1) is 0 Å². The number of carbonyl (C=O) groups excluding carboxylic acids is 2. The van der Waals surface area contributed by atoms with E-state index in [0.29, 0.717) is 57.7 Å². The van der Waals surface area contributed by atoms with Crippen LogP contribution >= 0.6 is 0 Å². The Kier molecular flexibility index (Phi) is 5.90. The third kappa shape index (κ3) is 4.25. The summed E-state index contributed by atoms with van der Waals surface area (Å²) in [6.07, 6.45) is 2.82. The van der Waals surface area contributed by atoms with Crippen LogP contribution in [0.25, 0.3) is 11.0 Å². The summed E-state index contributed by atoms with van der Waals surface area (Å²) in [6, 6.07) is 1.49. The molecule has 0 unspecified atom stereocenters. The van der Waals surface area contributed by atoms with Crippen molar-refractivity contribution in [3.63, 3.8) is 0 Å². The number of aromatic nitrogens is 3. The van der Waals surface area contributed by atoms with Crippen molar-refractivity contribution in [3.8, 4) is 0 Å². The fourth-order valence-electron chi connectivity index (χ4n) is 4.43. The van der Waals surface area contributed by atoms with Crippen LogP contribution in [-0.4, -0.2) is 63.6 Å². The molecular weight excluding hydrogens is 402 g/mol. The van der Waals surface area contributed by atoms with Gasteiger partial charge in [0.15, 0.2) is 0 Å². The Bertz CT molecular complexity index is 1120. The number of hydrogen-bond acceptors (Lipinski definition) is 6.